The number of rotatable bonds is 1. The van der Waals surface area contributed by atoms with Crippen molar-refractivity contribution in [2.24, 2.45) is 10.9 Å². The molecule has 1 aliphatic carbocycles. The van der Waals surface area contributed by atoms with Gasteiger partial charge < -0.3 is 10.6 Å². The van der Waals surface area contributed by atoms with Crippen molar-refractivity contribution in [3.8, 4) is 0 Å². The van der Waals surface area contributed by atoms with Gasteiger partial charge in [0.25, 0.3) is 0 Å². The molecule has 0 bridgehead atoms. The molecule has 0 amide bonds. The van der Waals surface area contributed by atoms with Crippen molar-refractivity contribution in [1.82, 2.24) is 0 Å². The Morgan fingerprint density at radius 1 is 1.00 bits per heavy atom. The Bertz CT molecular complexity index is 460. The number of benzene rings is 1. The Morgan fingerprint density at radius 3 is 2.00 bits per heavy atom. The van der Waals surface area contributed by atoms with Gasteiger partial charge in [0.1, 0.15) is 5.60 Å². The van der Waals surface area contributed by atoms with Gasteiger partial charge in [-0.2, -0.15) is 0 Å². The van der Waals surface area contributed by atoms with E-state index in [9.17, 15) is 0 Å². The van der Waals surface area contributed by atoms with Gasteiger partial charge in [-0.05, 0) is 50.6 Å². The fourth-order valence-corrected chi connectivity index (χ4v) is 3.36. The molecule has 1 saturated carbocycles. The molecule has 0 saturated heterocycles. The van der Waals surface area contributed by atoms with Gasteiger partial charge in [0.15, 0.2) is 0 Å². The lowest BCUT2D eigenvalue weighted by molar-refractivity contribution is -0.0573. The highest BCUT2D eigenvalue weighted by molar-refractivity contribution is 5.83. The summed E-state index contributed by atoms with van der Waals surface area (Å²) in [5, 5.41) is 4.15. The van der Waals surface area contributed by atoms with Gasteiger partial charge in [-0.3, -0.25) is 0 Å². The summed E-state index contributed by atoms with van der Waals surface area (Å²) in [5.74, 6) is 0. The van der Waals surface area contributed by atoms with E-state index in [0.717, 1.165) is 25.0 Å². The van der Waals surface area contributed by atoms with Crippen LogP contribution in [0.4, 0.5) is 0 Å². The summed E-state index contributed by atoms with van der Waals surface area (Å²) in [7, 11) is 1.50. The molecule has 0 aromatic heterocycles. The minimum absolute atomic E-state index is 0.0262. The van der Waals surface area contributed by atoms with Crippen LogP contribution in [0.1, 0.15) is 65.4 Å². The summed E-state index contributed by atoms with van der Waals surface area (Å²) >= 11 is 0. The van der Waals surface area contributed by atoms with Crippen LogP contribution in [0.3, 0.4) is 0 Å². The average Bonchev–Trinajstić information content (AvgIpc) is 2.96. The molecule has 0 unspecified atom stereocenters. The topological polar surface area (TPSA) is 47.6 Å². The first kappa shape index (κ1) is 18.7. The smallest absolute Gasteiger partial charge is 0.143 e. The van der Waals surface area contributed by atoms with E-state index in [1.54, 1.807) is 0 Å². The van der Waals surface area contributed by atoms with Gasteiger partial charge in [0, 0.05) is 6.42 Å². The molecular formula is C19H32N2O. The molecule has 3 heteroatoms. The molecule has 1 aromatic carbocycles. The number of nitrogens with two attached hydrogens (primary N) is 1. The fourth-order valence-electron chi connectivity index (χ4n) is 3.36. The van der Waals surface area contributed by atoms with Crippen molar-refractivity contribution in [1.29, 1.82) is 0 Å². The summed E-state index contributed by atoms with van der Waals surface area (Å²) in [6.45, 7) is 8.46. The maximum Gasteiger partial charge on any atom is 0.143 e. The summed E-state index contributed by atoms with van der Waals surface area (Å²) in [4.78, 5) is 5.71. The molecule has 1 heterocycles. The number of hydrogen-bond acceptors (Lipinski definition) is 3. The Kier molecular flexibility index (Phi) is 7.08. The molecule has 3 rings (SSSR count). The van der Waals surface area contributed by atoms with E-state index in [2.05, 4.69) is 55.1 Å². The third-order valence-corrected chi connectivity index (χ3v) is 4.71. The fraction of sp³-hybridized carbons (Fsp3) is 0.632. The zero-order valence-corrected chi connectivity index (χ0v) is 14.9. The number of oxime groups is 1. The molecule has 124 valence electrons. The highest BCUT2D eigenvalue weighted by Crippen LogP contribution is 2.47. The monoisotopic (exact) mass is 304 g/mol. The summed E-state index contributed by atoms with van der Waals surface area (Å²) in [6, 6.07) is 10.9. The Balaban J connectivity index is 0.000000561. The van der Waals surface area contributed by atoms with Crippen LogP contribution in [-0.4, -0.2) is 18.4 Å². The van der Waals surface area contributed by atoms with Crippen molar-refractivity contribution in [3.63, 3.8) is 0 Å². The standard InChI is InChI=1S/C16H21NO.C2H6.CH5N/c1-13-12-16(18-17-13)10-8-15(2,9-11-16)14-6-4-3-5-7-14;2*1-2/h3-7H,8-12H2,1-2H3;1-2H3;2H2,1H3. The van der Waals surface area contributed by atoms with E-state index >= 15 is 0 Å². The van der Waals surface area contributed by atoms with Crippen LogP contribution < -0.4 is 5.73 Å². The summed E-state index contributed by atoms with van der Waals surface area (Å²) in [5.41, 5.74) is 7.46. The van der Waals surface area contributed by atoms with E-state index in [-0.39, 0.29) is 5.60 Å². The third-order valence-electron chi connectivity index (χ3n) is 4.71. The normalized spacial score (nSPS) is 29.5. The van der Waals surface area contributed by atoms with Crippen molar-refractivity contribution < 1.29 is 4.84 Å². The van der Waals surface area contributed by atoms with E-state index in [0.29, 0.717) is 5.41 Å². The summed E-state index contributed by atoms with van der Waals surface area (Å²) < 4.78 is 0. The van der Waals surface area contributed by atoms with Gasteiger partial charge in [0.05, 0.1) is 5.71 Å². The minimum Gasteiger partial charge on any atom is -0.389 e. The molecule has 22 heavy (non-hydrogen) atoms. The lowest BCUT2D eigenvalue weighted by Crippen LogP contribution is -2.40. The predicted octanol–water partition coefficient (Wildman–Crippen LogP) is 4.65. The highest BCUT2D eigenvalue weighted by Gasteiger charge is 2.45. The second-order valence-electron chi connectivity index (χ2n) is 6.20. The molecule has 0 radical (unpaired) electrons. The van der Waals surface area contributed by atoms with Crippen LogP contribution in [0.2, 0.25) is 0 Å². The van der Waals surface area contributed by atoms with Crippen molar-refractivity contribution in [3.05, 3.63) is 35.9 Å². The number of hydrogen-bond donors (Lipinski definition) is 1. The quantitative estimate of drug-likeness (QED) is 0.820. The second kappa shape index (κ2) is 8.33. The van der Waals surface area contributed by atoms with Crippen LogP contribution in [0.5, 0.6) is 0 Å². The summed E-state index contributed by atoms with van der Waals surface area (Å²) in [6.07, 6.45) is 5.66. The van der Waals surface area contributed by atoms with E-state index in [1.165, 1.54) is 25.5 Å². The van der Waals surface area contributed by atoms with Gasteiger partial charge in [-0.15, -0.1) is 0 Å². The van der Waals surface area contributed by atoms with Crippen LogP contribution in [0, 0.1) is 0 Å². The highest BCUT2D eigenvalue weighted by atomic mass is 16.7. The zero-order chi connectivity index (χ0) is 16.6. The molecule has 1 aliphatic heterocycles. The first-order chi connectivity index (χ1) is 10.6. The lowest BCUT2D eigenvalue weighted by atomic mass is 9.65. The maximum absolute atomic E-state index is 5.71. The van der Waals surface area contributed by atoms with Gasteiger partial charge >= 0.3 is 0 Å². The molecule has 3 nitrogen and oxygen atoms in total. The van der Waals surface area contributed by atoms with Crippen molar-refractivity contribution in [2.45, 2.75) is 70.8 Å². The molecule has 2 aliphatic rings. The van der Waals surface area contributed by atoms with Crippen LogP contribution in [-0.2, 0) is 10.3 Å². The minimum atomic E-state index is 0.0262. The van der Waals surface area contributed by atoms with E-state index in [1.807, 2.05) is 13.8 Å². The number of nitrogens with zero attached hydrogens (tertiary/aromatic N) is 1. The van der Waals surface area contributed by atoms with Gasteiger partial charge in [-0.1, -0.05) is 56.3 Å². The molecule has 1 spiro atoms. The first-order valence-electron chi connectivity index (χ1n) is 8.47. The SMILES string of the molecule is CC.CC1=NOC2(CCC(C)(c3ccccc3)CC2)C1.CN. The van der Waals surface area contributed by atoms with Crippen LogP contribution in [0.15, 0.2) is 35.5 Å². The second-order valence-corrected chi connectivity index (χ2v) is 6.20. The Labute approximate surface area is 135 Å². The molecule has 2 N–H and O–H groups in total. The molecule has 0 atom stereocenters. The van der Waals surface area contributed by atoms with Crippen molar-refractivity contribution >= 4 is 5.71 Å². The van der Waals surface area contributed by atoms with Crippen molar-refractivity contribution in [2.75, 3.05) is 7.05 Å². The third kappa shape index (κ3) is 4.10. The largest absolute Gasteiger partial charge is 0.389 e. The molecular weight excluding hydrogens is 272 g/mol. The Morgan fingerprint density at radius 2 is 1.55 bits per heavy atom. The van der Waals surface area contributed by atoms with Crippen LogP contribution >= 0.6 is 0 Å². The van der Waals surface area contributed by atoms with E-state index in [4.69, 9.17) is 4.84 Å². The van der Waals surface area contributed by atoms with Gasteiger partial charge in [0.2, 0.25) is 0 Å². The maximum atomic E-state index is 5.71. The Hall–Kier alpha value is -1.35. The molecule has 1 aromatic rings. The average molecular weight is 304 g/mol. The van der Waals surface area contributed by atoms with Crippen LogP contribution in [0.25, 0.3) is 0 Å². The molecule has 1 fully saturated rings. The zero-order valence-electron chi connectivity index (χ0n) is 14.9. The predicted molar refractivity (Wildman–Crippen MR) is 95.3 cm³/mol. The van der Waals surface area contributed by atoms with Gasteiger partial charge in [-0.25, -0.2) is 0 Å². The van der Waals surface area contributed by atoms with E-state index < -0.39 is 0 Å². The first-order valence-corrected chi connectivity index (χ1v) is 8.47. The lowest BCUT2D eigenvalue weighted by Gasteiger charge is -2.41.